The highest BCUT2D eigenvalue weighted by Crippen LogP contribution is 2.23. The molecule has 0 saturated carbocycles. The molecular formula is C15H10BrClN2O2. The fourth-order valence-electron chi connectivity index (χ4n) is 1.62. The molecule has 106 valence electrons. The minimum Gasteiger partial charge on any atom is -0.479 e. The number of nitrogens with zero attached hydrogens (tertiary/aromatic N) is 1. The quantitative estimate of drug-likeness (QED) is 0.880. The lowest BCUT2D eigenvalue weighted by Crippen LogP contribution is -2.12. The highest BCUT2D eigenvalue weighted by atomic mass is 79.9. The van der Waals surface area contributed by atoms with Crippen LogP contribution < -0.4 is 10.1 Å². The Bertz CT molecular complexity index is 696. The molecule has 0 heterocycles. The Labute approximate surface area is 135 Å². The Kier molecular flexibility index (Phi) is 5.20. The van der Waals surface area contributed by atoms with Crippen molar-refractivity contribution in [2.24, 2.45) is 0 Å². The molecule has 6 heteroatoms. The number of carbonyl (C=O) groups excluding carboxylic acids is 1. The van der Waals surface area contributed by atoms with Crippen molar-refractivity contribution < 1.29 is 9.53 Å². The first-order valence-corrected chi connectivity index (χ1v) is 7.13. The molecule has 1 amide bonds. The van der Waals surface area contributed by atoms with Crippen molar-refractivity contribution in [1.29, 1.82) is 5.26 Å². The zero-order valence-corrected chi connectivity index (χ0v) is 13.1. The Hall–Kier alpha value is -2.03. The maximum atomic E-state index is 12.2. The molecule has 0 aliphatic carbocycles. The lowest BCUT2D eigenvalue weighted by atomic mass is 10.2. The Balaban J connectivity index is 2.09. The predicted molar refractivity (Wildman–Crippen MR) is 84.7 cm³/mol. The van der Waals surface area contributed by atoms with Crippen LogP contribution in [-0.4, -0.2) is 12.5 Å². The molecule has 0 bridgehead atoms. The summed E-state index contributed by atoms with van der Waals surface area (Å²) in [5.41, 5.74) is 0.996. The average Bonchev–Trinajstić information content (AvgIpc) is 2.49. The van der Waals surface area contributed by atoms with Gasteiger partial charge in [0.15, 0.2) is 6.61 Å². The summed E-state index contributed by atoms with van der Waals surface area (Å²) in [4.78, 5) is 12.2. The molecule has 0 aliphatic rings. The smallest absolute Gasteiger partial charge is 0.257 e. The van der Waals surface area contributed by atoms with Crippen molar-refractivity contribution in [3.8, 4) is 11.8 Å². The van der Waals surface area contributed by atoms with Gasteiger partial charge in [-0.15, -0.1) is 0 Å². The van der Waals surface area contributed by atoms with Gasteiger partial charge in [-0.25, -0.2) is 0 Å². The number of anilines is 1. The normalized spacial score (nSPS) is 9.76. The summed E-state index contributed by atoms with van der Waals surface area (Å²) in [6, 6.07) is 13.7. The summed E-state index contributed by atoms with van der Waals surface area (Å²) in [7, 11) is 0. The summed E-state index contributed by atoms with van der Waals surface area (Å²) >= 11 is 9.31. The summed E-state index contributed by atoms with van der Waals surface area (Å²) in [5, 5.41) is 11.6. The first-order valence-electron chi connectivity index (χ1n) is 5.96. The molecular weight excluding hydrogens is 356 g/mol. The predicted octanol–water partition coefficient (Wildman–Crippen LogP) is 4.26. The Morgan fingerprint density at radius 2 is 2.00 bits per heavy atom. The molecule has 2 rings (SSSR count). The van der Waals surface area contributed by atoms with Crippen LogP contribution >= 0.6 is 27.5 Å². The molecule has 0 aliphatic heterocycles. The number of benzene rings is 2. The maximum absolute atomic E-state index is 12.2. The van der Waals surface area contributed by atoms with Crippen LogP contribution in [0.5, 0.6) is 5.75 Å². The van der Waals surface area contributed by atoms with Gasteiger partial charge in [-0.1, -0.05) is 27.5 Å². The number of amides is 1. The molecule has 4 nitrogen and oxygen atoms in total. The number of nitriles is 1. The van der Waals surface area contributed by atoms with E-state index in [1.165, 1.54) is 0 Å². The molecule has 0 radical (unpaired) electrons. The lowest BCUT2D eigenvalue weighted by molar-refractivity contribution is 0.102. The van der Waals surface area contributed by atoms with Crippen molar-refractivity contribution in [1.82, 2.24) is 0 Å². The molecule has 0 unspecified atom stereocenters. The van der Waals surface area contributed by atoms with Crippen LogP contribution in [0.25, 0.3) is 0 Å². The molecule has 1 N–H and O–H groups in total. The number of nitrogens with one attached hydrogen (secondary N) is 1. The van der Waals surface area contributed by atoms with Gasteiger partial charge in [0.2, 0.25) is 0 Å². The van der Waals surface area contributed by atoms with E-state index in [1.807, 2.05) is 6.07 Å². The number of ether oxygens (including phenoxy) is 1. The van der Waals surface area contributed by atoms with E-state index in [1.54, 1.807) is 42.5 Å². The van der Waals surface area contributed by atoms with Crippen molar-refractivity contribution in [3.63, 3.8) is 0 Å². The largest absolute Gasteiger partial charge is 0.479 e. The fraction of sp³-hybridized carbons (Fsp3) is 0.0667. The maximum Gasteiger partial charge on any atom is 0.257 e. The van der Waals surface area contributed by atoms with E-state index in [0.717, 1.165) is 4.47 Å². The van der Waals surface area contributed by atoms with E-state index in [4.69, 9.17) is 21.6 Å². The summed E-state index contributed by atoms with van der Waals surface area (Å²) < 4.78 is 5.91. The zero-order chi connectivity index (χ0) is 15.2. The van der Waals surface area contributed by atoms with Gasteiger partial charge < -0.3 is 10.1 Å². The van der Waals surface area contributed by atoms with E-state index in [2.05, 4.69) is 21.2 Å². The molecule has 0 aromatic heterocycles. The van der Waals surface area contributed by atoms with E-state index >= 15 is 0 Å². The van der Waals surface area contributed by atoms with Crippen LogP contribution in [0.1, 0.15) is 10.4 Å². The van der Waals surface area contributed by atoms with Crippen molar-refractivity contribution in [3.05, 3.63) is 57.5 Å². The lowest BCUT2D eigenvalue weighted by Gasteiger charge is -2.08. The number of hydrogen-bond donors (Lipinski definition) is 1. The zero-order valence-electron chi connectivity index (χ0n) is 10.8. The van der Waals surface area contributed by atoms with Crippen LogP contribution in [-0.2, 0) is 0 Å². The van der Waals surface area contributed by atoms with Crippen molar-refractivity contribution >= 4 is 39.1 Å². The fourth-order valence-corrected chi connectivity index (χ4v) is 2.18. The third kappa shape index (κ3) is 4.22. The minimum absolute atomic E-state index is 0.0145. The second-order valence-corrected chi connectivity index (χ2v) is 5.37. The van der Waals surface area contributed by atoms with Crippen LogP contribution in [0.15, 0.2) is 46.9 Å². The summed E-state index contributed by atoms with van der Waals surface area (Å²) in [6.07, 6.45) is 0. The van der Waals surface area contributed by atoms with Crippen LogP contribution in [0.3, 0.4) is 0 Å². The first kappa shape index (κ1) is 15.4. The number of carbonyl (C=O) groups is 1. The number of halogens is 2. The molecule has 0 saturated heterocycles. The van der Waals surface area contributed by atoms with Gasteiger partial charge in [0, 0.05) is 10.2 Å². The molecule has 0 spiro atoms. The standard InChI is InChI=1S/C15H10BrClN2O2/c16-10-1-6-14(17)13(9-10)15(20)19-11-2-4-12(5-3-11)21-8-7-18/h1-6,9H,8H2,(H,19,20). The van der Waals surface area contributed by atoms with Crippen LogP contribution in [0, 0.1) is 11.3 Å². The minimum atomic E-state index is -0.299. The van der Waals surface area contributed by atoms with Gasteiger partial charge >= 0.3 is 0 Å². The molecule has 0 fully saturated rings. The van der Waals surface area contributed by atoms with E-state index in [9.17, 15) is 4.79 Å². The van der Waals surface area contributed by atoms with Gasteiger partial charge in [0.05, 0.1) is 10.6 Å². The van der Waals surface area contributed by atoms with E-state index < -0.39 is 0 Å². The monoisotopic (exact) mass is 364 g/mol. The van der Waals surface area contributed by atoms with Crippen molar-refractivity contribution in [2.75, 3.05) is 11.9 Å². The number of rotatable bonds is 4. The molecule has 2 aromatic carbocycles. The van der Waals surface area contributed by atoms with Crippen LogP contribution in [0.4, 0.5) is 5.69 Å². The summed E-state index contributed by atoms with van der Waals surface area (Å²) in [5.74, 6) is 0.266. The van der Waals surface area contributed by atoms with Crippen molar-refractivity contribution in [2.45, 2.75) is 0 Å². The third-order valence-electron chi connectivity index (χ3n) is 2.59. The second kappa shape index (κ2) is 7.11. The topological polar surface area (TPSA) is 62.1 Å². The molecule has 0 atom stereocenters. The molecule has 2 aromatic rings. The Morgan fingerprint density at radius 1 is 1.29 bits per heavy atom. The first-order chi connectivity index (χ1) is 10.1. The Morgan fingerprint density at radius 3 is 2.67 bits per heavy atom. The van der Waals surface area contributed by atoms with Crippen LogP contribution in [0.2, 0.25) is 5.02 Å². The van der Waals surface area contributed by atoms with E-state index in [-0.39, 0.29) is 12.5 Å². The second-order valence-electron chi connectivity index (χ2n) is 4.05. The molecule has 21 heavy (non-hydrogen) atoms. The number of hydrogen-bond acceptors (Lipinski definition) is 3. The van der Waals surface area contributed by atoms with Gasteiger partial charge in [0.1, 0.15) is 11.8 Å². The van der Waals surface area contributed by atoms with Gasteiger partial charge in [-0.3, -0.25) is 4.79 Å². The SMILES string of the molecule is N#CCOc1ccc(NC(=O)c2cc(Br)ccc2Cl)cc1. The van der Waals surface area contributed by atoms with E-state index in [0.29, 0.717) is 22.0 Å². The summed E-state index contributed by atoms with van der Waals surface area (Å²) in [6.45, 7) is -0.0145. The van der Waals surface area contributed by atoms with Gasteiger partial charge in [0.25, 0.3) is 5.91 Å². The van der Waals surface area contributed by atoms with Gasteiger partial charge in [-0.2, -0.15) is 5.26 Å². The highest BCUT2D eigenvalue weighted by molar-refractivity contribution is 9.10. The highest BCUT2D eigenvalue weighted by Gasteiger charge is 2.11. The van der Waals surface area contributed by atoms with Gasteiger partial charge in [-0.05, 0) is 42.5 Å². The average molecular weight is 366 g/mol. The third-order valence-corrected chi connectivity index (χ3v) is 3.41.